The van der Waals surface area contributed by atoms with Gasteiger partial charge in [0.05, 0.1) is 6.61 Å². The van der Waals surface area contributed by atoms with Crippen molar-refractivity contribution in [2.45, 2.75) is 39.5 Å². The fraction of sp³-hybridized carbons (Fsp3) is 0.667. The monoisotopic (exact) mass is 226 g/mol. The molecule has 0 aliphatic rings. The summed E-state index contributed by atoms with van der Waals surface area (Å²) in [4.78, 5) is 22.9. The van der Waals surface area contributed by atoms with Gasteiger partial charge in [-0.15, -0.1) is 12.3 Å². The van der Waals surface area contributed by atoms with Gasteiger partial charge in [-0.2, -0.15) is 0 Å². The molecule has 0 bridgehead atoms. The summed E-state index contributed by atoms with van der Waals surface area (Å²) in [7, 11) is 0. The molecule has 0 aliphatic carbocycles. The summed E-state index contributed by atoms with van der Waals surface area (Å²) in [5.74, 6) is 0.631. The van der Waals surface area contributed by atoms with Gasteiger partial charge in [0.1, 0.15) is 0 Å². The van der Waals surface area contributed by atoms with E-state index in [-0.39, 0.29) is 19.4 Å². The number of terminal acetylenes is 1. The zero-order chi connectivity index (χ0) is 12.6. The smallest absolute Gasteiger partial charge is 0.323 e. The highest BCUT2D eigenvalue weighted by Gasteiger charge is 2.45. The van der Waals surface area contributed by atoms with Crippen LogP contribution in [-0.4, -0.2) is 23.7 Å². The molecule has 0 saturated carbocycles. The van der Waals surface area contributed by atoms with Crippen molar-refractivity contribution in [3.8, 4) is 12.3 Å². The van der Waals surface area contributed by atoms with Crippen molar-refractivity contribution in [1.82, 2.24) is 0 Å². The molecule has 1 unspecified atom stereocenters. The molecule has 0 saturated heterocycles. The molecule has 0 aromatic carbocycles. The van der Waals surface area contributed by atoms with E-state index in [9.17, 15) is 9.59 Å². The summed E-state index contributed by atoms with van der Waals surface area (Å²) < 4.78 is 4.82. The van der Waals surface area contributed by atoms with Crippen molar-refractivity contribution in [1.29, 1.82) is 0 Å². The molecular weight excluding hydrogens is 208 g/mol. The number of aliphatic carboxylic acids is 1. The summed E-state index contributed by atoms with van der Waals surface area (Å²) in [5, 5.41) is 9.17. The van der Waals surface area contributed by atoms with Gasteiger partial charge in [0.2, 0.25) is 0 Å². The van der Waals surface area contributed by atoms with E-state index in [1.165, 1.54) is 0 Å². The SMILES string of the molecule is C#CCCCC(CC)(C(=O)O)C(=O)OCC. The zero-order valence-electron chi connectivity index (χ0n) is 9.78. The van der Waals surface area contributed by atoms with Crippen molar-refractivity contribution < 1.29 is 19.4 Å². The molecule has 0 aliphatic heterocycles. The van der Waals surface area contributed by atoms with Crippen molar-refractivity contribution in [2.75, 3.05) is 6.61 Å². The third kappa shape index (κ3) is 3.27. The topological polar surface area (TPSA) is 63.6 Å². The summed E-state index contributed by atoms with van der Waals surface area (Å²) >= 11 is 0. The molecule has 0 rings (SSSR count). The van der Waals surface area contributed by atoms with Gasteiger partial charge in [-0.3, -0.25) is 9.59 Å². The Morgan fingerprint density at radius 1 is 1.44 bits per heavy atom. The van der Waals surface area contributed by atoms with Gasteiger partial charge in [-0.05, 0) is 26.2 Å². The molecule has 90 valence electrons. The predicted molar refractivity (Wildman–Crippen MR) is 59.7 cm³/mol. The van der Waals surface area contributed by atoms with Crippen LogP contribution in [0.2, 0.25) is 0 Å². The second kappa shape index (κ2) is 6.89. The molecule has 16 heavy (non-hydrogen) atoms. The lowest BCUT2D eigenvalue weighted by atomic mass is 9.80. The summed E-state index contributed by atoms with van der Waals surface area (Å²) in [6.45, 7) is 3.51. The molecule has 0 spiro atoms. The normalized spacial score (nSPS) is 13.6. The fourth-order valence-corrected chi connectivity index (χ4v) is 1.53. The van der Waals surface area contributed by atoms with Crippen molar-refractivity contribution >= 4 is 11.9 Å². The lowest BCUT2D eigenvalue weighted by Crippen LogP contribution is -2.40. The van der Waals surface area contributed by atoms with Crippen LogP contribution >= 0.6 is 0 Å². The van der Waals surface area contributed by atoms with Gasteiger partial charge in [-0.1, -0.05) is 6.92 Å². The van der Waals surface area contributed by atoms with E-state index >= 15 is 0 Å². The standard InChI is InChI=1S/C12H18O4/c1-4-7-8-9-12(5-2,10(13)14)11(15)16-6-3/h1H,5-9H2,2-3H3,(H,13,14). The van der Waals surface area contributed by atoms with Crippen LogP contribution in [0.15, 0.2) is 0 Å². The number of rotatable bonds is 7. The summed E-state index contributed by atoms with van der Waals surface area (Å²) in [6, 6.07) is 0. The first kappa shape index (κ1) is 14.5. The van der Waals surface area contributed by atoms with E-state index in [0.29, 0.717) is 12.8 Å². The minimum absolute atomic E-state index is 0.184. The average Bonchev–Trinajstić information content (AvgIpc) is 2.24. The Morgan fingerprint density at radius 3 is 2.44 bits per heavy atom. The Morgan fingerprint density at radius 2 is 2.06 bits per heavy atom. The highest BCUT2D eigenvalue weighted by Crippen LogP contribution is 2.31. The number of unbranched alkanes of at least 4 members (excludes halogenated alkanes) is 1. The number of hydrogen-bond donors (Lipinski definition) is 1. The Balaban J connectivity index is 4.79. The quantitative estimate of drug-likeness (QED) is 0.311. The van der Waals surface area contributed by atoms with Gasteiger partial charge in [-0.25, -0.2) is 0 Å². The highest BCUT2D eigenvalue weighted by molar-refractivity contribution is 5.99. The number of ether oxygens (including phenoxy) is 1. The second-order valence-electron chi connectivity index (χ2n) is 3.52. The molecule has 0 aromatic rings. The van der Waals surface area contributed by atoms with E-state index in [2.05, 4.69) is 5.92 Å². The summed E-state index contributed by atoms with van der Waals surface area (Å²) in [5.41, 5.74) is -1.44. The average molecular weight is 226 g/mol. The molecule has 0 heterocycles. The minimum atomic E-state index is -1.44. The lowest BCUT2D eigenvalue weighted by Gasteiger charge is -2.25. The van der Waals surface area contributed by atoms with Crippen molar-refractivity contribution in [3.63, 3.8) is 0 Å². The molecule has 0 amide bonds. The van der Waals surface area contributed by atoms with Crippen LogP contribution in [0.4, 0.5) is 0 Å². The van der Waals surface area contributed by atoms with Crippen LogP contribution in [0.1, 0.15) is 39.5 Å². The van der Waals surface area contributed by atoms with Crippen LogP contribution in [0.5, 0.6) is 0 Å². The number of esters is 1. The highest BCUT2D eigenvalue weighted by atomic mass is 16.5. The molecule has 4 nitrogen and oxygen atoms in total. The zero-order valence-corrected chi connectivity index (χ0v) is 9.78. The first-order valence-electron chi connectivity index (χ1n) is 5.39. The van der Waals surface area contributed by atoms with Crippen molar-refractivity contribution in [3.05, 3.63) is 0 Å². The Kier molecular flexibility index (Phi) is 6.24. The third-order valence-corrected chi connectivity index (χ3v) is 2.60. The molecule has 0 fully saturated rings. The van der Waals surface area contributed by atoms with E-state index in [4.69, 9.17) is 16.3 Å². The molecule has 0 radical (unpaired) electrons. The van der Waals surface area contributed by atoms with Crippen molar-refractivity contribution in [2.24, 2.45) is 5.41 Å². The molecule has 4 heteroatoms. The first-order chi connectivity index (χ1) is 7.55. The van der Waals surface area contributed by atoms with Crippen LogP contribution in [-0.2, 0) is 14.3 Å². The first-order valence-corrected chi connectivity index (χ1v) is 5.39. The van der Waals surface area contributed by atoms with Gasteiger partial charge < -0.3 is 9.84 Å². The van der Waals surface area contributed by atoms with E-state index in [1.807, 2.05) is 0 Å². The van der Waals surface area contributed by atoms with Gasteiger partial charge in [0.15, 0.2) is 5.41 Å². The van der Waals surface area contributed by atoms with Crippen LogP contribution in [0.25, 0.3) is 0 Å². The van der Waals surface area contributed by atoms with Crippen LogP contribution in [0, 0.1) is 17.8 Å². The van der Waals surface area contributed by atoms with Gasteiger partial charge in [0.25, 0.3) is 0 Å². The summed E-state index contributed by atoms with van der Waals surface area (Å²) in [6.07, 6.45) is 6.51. The minimum Gasteiger partial charge on any atom is -0.480 e. The largest absolute Gasteiger partial charge is 0.480 e. The number of hydrogen-bond acceptors (Lipinski definition) is 3. The maximum atomic E-state index is 11.7. The molecular formula is C12H18O4. The number of carbonyl (C=O) groups excluding carboxylic acids is 1. The maximum absolute atomic E-state index is 11.7. The van der Waals surface area contributed by atoms with Gasteiger partial charge in [0, 0.05) is 6.42 Å². The third-order valence-electron chi connectivity index (χ3n) is 2.60. The van der Waals surface area contributed by atoms with Crippen LogP contribution < -0.4 is 0 Å². The maximum Gasteiger partial charge on any atom is 0.323 e. The second-order valence-corrected chi connectivity index (χ2v) is 3.52. The number of carbonyl (C=O) groups is 2. The number of carboxylic acids is 1. The Bertz CT molecular complexity index is 290. The van der Waals surface area contributed by atoms with E-state index in [0.717, 1.165) is 0 Å². The fourth-order valence-electron chi connectivity index (χ4n) is 1.53. The number of carboxylic acid groups (broad SMARTS) is 1. The van der Waals surface area contributed by atoms with E-state index in [1.54, 1.807) is 13.8 Å². The van der Waals surface area contributed by atoms with E-state index < -0.39 is 17.4 Å². The molecule has 1 atom stereocenters. The molecule has 0 aromatic heterocycles. The van der Waals surface area contributed by atoms with Gasteiger partial charge >= 0.3 is 11.9 Å². The van der Waals surface area contributed by atoms with Crippen LogP contribution in [0.3, 0.4) is 0 Å². The predicted octanol–water partition coefficient (Wildman–Crippen LogP) is 1.83. The lowest BCUT2D eigenvalue weighted by molar-refractivity contribution is -0.169. The Labute approximate surface area is 96.0 Å². The Hall–Kier alpha value is -1.50. The molecule has 1 N–H and O–H groups in total.